The van der Waals surface area contributed by atoms with Crippen molar-refractivity contribution in [3.05, 3.63) is 46.9 Å². The van der Waals surface area contributed by atoms with Crippen LogP contribution in [0.3, 0.4) is 0 Å². The molecule has 3 rings (SSSR count). The van der Waals surface area contributed by atoms with Gasteiger partial charge in [-0.3, -0.25) is 0 Å². The molecule has 0 amide bonds. The summed E-state index contributed by atoms with van der Waals surface area (Å²) in [6.45, 7) is 2.04. The summed E-state index contributed by atoms with van der Waals surface area (Å²) in [4.78, 5) is 8.62. The molecule has 0 N–H and O–H groups in total. The van der Waals surface area contributed by atoms with Gasteiger partial charge in [-0.15, -0.1) is 0 Å². The van der Waals surface area contributed by atoms with Crippen LogP contribution in [0, 0.1) is 6.92 Å². The normalized spacial score (nSPS) is 14.6. The van der Waals surface area contributed by atoms with E-state index in [1.165, 1.54) is 5.56 Å². The first kappa shape index (κ1) is 11.5. The highest BCUT2D eigenvalue weighted by Crippen LogP contribution is 2.39. The zero-order valence-corrected chi connectivity index (χ0v) is 10.8. The summed E-state index contributed by atoms with van der Waals surface area (Å²) in [6, 6.07) is 9.48. The van der Waals surface area contributed by atoms with E-state index in [1.54, 1.807) is 6.07 Å². The van der Waals surface area contributed by atoms with Crippen LogP contribution in [-0.2, 0) is 0 Å². The summed E-state index contributed by atoms with van der Waals surface area (Å²) < 4.78 is 5.70. The van der Waals surface area contributed by atoms with E-state index in [9.17, 15) is 0 Å². The predicted molar refractivity (Wildman–Crippen MR) is 70.3 cm³/mol. The first-order chi connectivity index (χ1) is 8.70. The number of halogens is 1. The third kappa shape index (κ3) is 2.62. The fourth-order valence-corrected chi connectivity index (χ4v) is 1.90. The van der Waals surface area contributed by atoms with Crippen LogP contribution in [0.2, 0.25) is 5.15 Å². The molecule has 0 unspecified atom stereocenters. The second-order valence-electron chi connectivity index (χ2n) is 4.58. The average molecular weight is 261 g/mol. The van der Waals surface area contributed by atoms with Crippen LogP contribution in [0.25, 0.3) is 0 Å². The largest absolute Gasteiger partial charge is 0.439 e. The number of benzene rings is 1. The lowest BCUT2D eigenvalue weighted by Gasteiger charge is -2.06. The summed E-state index contributed by atoms with van der Waals surface area (Å²) in [6.07, 6.45) is 2.29. The minimum absolute atomic E-state index is 0.439. The van der Waals surface area contributed by atoms with Gasteiger partial charge in [0.1, 0.15) is 16.7 Å². The van der Waals surface area contributed by atoms with E-state index in [4.69, 9.17) is 16.3 Å². The van der Waals surface area contributed by atoms with Crippen molar-refractivity contribution in [2.75, 3.05) is 0 Å². The van der Waals surface area contributed by atoms with Gasteiger partial charge in [0.25, 0.3) is 0 Å². The molecule has 0 aliphatic heterocycles. The molecule has 4 heteroatoms. The number of hydrogen-bond donors (Lipinski definition) is 0. The lowest BCUT2D eigenvalue weighted by molar-refractivity contribution is 0.458. The molecule has 1 aliphatic carbocycles. The smallest absolute Gasteiger partial charge is 0.224 e. The summed E-state index contributed by atoms with van der Waals surface area (Å²) >= 11 is 5.98. The number of aromatic nitrogens is 2. The molecule has 1 fully saturated rings. The second-order valence-corrected chi connectivity index (χ2v) is 4.96. The van der Waals surface area contributed by atoms with Crippen molar-refractivity contribution < 1.29 is 4.74 Å². The first-order valence-electron chi connectivity index (χ1n) is 6.00. The molecular weight excluding hydrogens is 248 g/mol. The van der Waals surface area contributed by atoms with Gasteiger partial charge in [-0.25, -0.2) is 4.98 Å². The number of ether oxygens (including phenoxy) is 1. The van der Waals surface area contributed by atoms with Gasteiger partial charge in [0.05, 0.1) is 0 Å². The maximum Gasteiger partial charge on any atom is 0.224 e. The number of aryl methyl sites for hydroxylation is 1. The minimum atomic E-state index is 0.439. The van der Waals surface area contributed by atoms with E-state index >= 15 is 0 Å². The van der Waals surface area contributed by atoms with Crippen LogP contribution in [0.1, 0.15) is 30.1 Å². The van der Waals surface area contributed by atoms with Crippen LogP contribution in [0.15, 0.2) is 30.3 Å². The fourth-order valence-electron chi connectivity index (χ4n) is 1.72. The van der Waals surface area contributed by atoms with E-state index in [-0.39, 0.29) is 0 Å². The van der Waals surface area contributed by atoms with Crippen molar-refractivity contribution in [2.24, 2.45) is 0 Å². The molecule has 3 nitrogen and oxygen atoms in total. The molecule has 1 aliphatic rings. The Morgan fingerprint density at radius 3 is 2.56 bits per heavy atom. The lowest BCUT2D eigenvalue weighted by Crippen LogP contribution is -1.96. The van der Waals surface area contributed by atoms with Gasteiger partial charge in [0, 0.05) is 12.0 Å². The van der Waals surface area contributed by atoms with Crippen LogP contribution in [-0.4, -0.2) is 9.97 Å². The maximum absolute atomic E-state index is 5.98. The Balaban J connectivity index is 1.85. The minimum Gasteiger partial charge on any atom is -0.439 e. The molecule has 0 atom stereocenters. The molecule has 0 bridgehead atoms. The van der Waals surface area contributed by atoms with Crippen molar-refractivity contribution >= 4 is 11.6 Å². The average Bonchev–Trinajstić information content (AvgIpc) is 3.15. The third-order valence-electron chi connectivity index (χ3n) is 2.87. The Bertz CT molecular complexity index is 565. The van der Waals surface area contributed by atoms with E-state index in [0.29, 0.717) is 17.0 Å². The zero-order chi connectivity index (χ0) is 12.5. The molecular formula is C14H13ClN2O. The number of rotatable bonds is 3. The van der Waals surface area contributed by atoms with E-state index in [0.717, 1.165) is 24.4 Å². The number of hydrogen-bond acceptors (Lipinski definition) is 3. The third-order valence-corrected chi connectivity index (χ3v) is 3.07. The van der Waals surface area contributed by atoms with Crippen LogP contribution < -0.4 is 4.74 Å². The first-order valence-corrected chi connectivity index (χ1v) is 6.37. The molecule has 2 aromatic rings. The van der Waals surface area contributed by atoms with Gasteiger partial charge in [0.2, 0.25) is 5.88 Å². The Kier molecular flexibility index (Phi) is 2.92. The highest BCUT2D eigenvalue weighted by Gasteiger charge is 2.27. The summed E-state index contributed by atoms with van der Waals surface area (Å²) in [5, 5.41) is 0.439. The quantitative estimate of drug-likeness (QED) is 0.779. The monoisotopic (exact) mass is 260 g/mol. The molecule has 1 saturated carbocycles. The molecule has 0 spiro atoms. The van der Waals surface area contributed by atoms with E-state index in [1.807, 2.05) is 31.2 Å². The van der Waals surface area contributed by atoms with Crippen molar-refractivity contribution in [3.63, 3.8) is 0 Å². The van der Waals surface area contributed by atoms with Gasteiger partial charge < -0.3 is 4.74 Å². The lowest BCUT2D eigenvalue weighted by atomic mass is 10.2. The Labute approximate surface area is 111 Å². The van der Waals surface area contributed by atoms with Crippen molar-refractivity contribution in [3.8, 4) is 11.6 Å². The van der Waals surface area contributed by atoms with Gasteiger partial charge >= 0.3 is 0 Å². The summed E-state index contributed by atoms with van der Waals surface area (Å²) in [5.74, 6) is 2.53. The van der Waals surface area contributed by atoms with Crippen molar-refractivity contribution in [2.45, 2.75) is 25.7 Å². The molecule has 0 radical (unpaired) electrons. The Morgan fingerprint density at radius 2 is 1.89 bits per heavy atom. The van der Waals surface area contributed by atoms with Gasteiger partial charge in [-0.05, 0) is 31.9 Å². The highest BCUT2D eigenvalue weighted by atomic mass is 35.5. The van der Waals surface area contributed by atoms with Gasteiger partial charge in [0.15, 0.2) is 0 Å². The van der Waals surface area contributed by atoms with E-state index in [2.05, 4.69) is 9.97 Å². The van der Waals surface area contributed by atoms with Gasteiger partial charge in [-0.2, -0.15) is 4.98 Å². The van der Waals surface area contributed by atoms with Crippen LogP contribution in [0.4, 0.5) is 0 Å². The Hall–Kier alpha value is -1.61. The fraction of sp³-hybridized carbons (Fsp3) is 0.286. The highest BCUT2D eigenvalue weighted by molar-refractivity contribution is 6.29. The van der Waals surface area contributed by atoms with Crippen molar-refractivity contribution in [1.29, 1.82) is 0 Å². The van der Waals surface area contributed by atoms with Crippen molar-refractivity contribution in [1.82, 2.24) is 9.97 Å². The van der Waals surface area contributed by atoms with E-state index < -0.39 is 0 Å². The molecule has 0 saturated heterocycles. The predicted octanol–water partition coefficient (Wildman–Crippen LogP) is 4.11. The van der Waals surface area contributed by atoms with Crippen LogP contribution >= 0.6 is 11.6 Å². The molecule has 92 valence electrons. The summed E-state index contributed by atoms with van der Waals surface area (Å²) in [7, 11) is 0. The Morgan fingerprint density at radius 1 is 1.17 bits per heavy atom. The zero-order valence-electron chi connectivity index (χ0n) is 10.1. The topological polar surface area (TPSA) is 35.0 Å². The molecule has 1 heterocycles. The number of nitrogens with zero attached hydrogens (tertiary/aromatic N) is 2. The standard InChI is InChI=1S/C14H13ClN2O/c1-9-2-6-11(7-3-9)18-13-8-12(15)16-14(17-13)10-4-5-10/h2-3,6-8,10H,4-5H2,1H3. The van der Waals surface area contributed by atoms with Gasteiger partial charge in [-0.1, -0.05) is 29.3 Å². The second kappa shape index (κ2) is 4.58. The summed E-state index contributed by atoms with van der Waals surface area (Å²) in [5.41, 5.74) is 1.20. The maximum atomic E-state index is 5.98. The molecule has 18 heavy (non-hydrogen) atoms. The SMILES string of the molecule is Cc1ccc(Oc2cc(Cl)nc(C3CC3)n2)cc1. The van der Waals surface area contributed by atoms with Crippen LogP contribution in [0.5, 0.6) is 11.6 Å². The molecule has 1 aromatic heterocycles. The molecule has 1 aromatic carbocycles.